The van der Waals surface area contributed by atoms with Crippen molar-refractivity contribution >= 4 is 5.97 Å². The van der Waals surface area contributed by atoms with Gasteiger partial charge in [0.2, 0.25) is 0 Å². The Labute approximate surface area is 73.5 Å². The van der Waals surface area contributed by atoms with Crippen LogP contribution in [0.4, 0.5) is 0 Å². The zero-order valence-corrected chi connectivity index (χ0v) is 6.61. The van der Waals surface area contributed by atoms with Gasteiger partial charge in [0.25, 0.3) is 0 Å². The minimum absolute atomic E-state index is 0.843. The highest BCUT2D eigenvalue weighted by molar-refractivity contribution is 5.72. The summed E-state index contributed by atoms with van der Waals surface area (Å²) in [7, 11) is 0. The molecule has 7 heteroatoms. The fraction of sp³-hybridized carbons (Fsp3) is 0.833. The van der Waals surface area contributed by atoms with Crippen molar-refractivity contribution < 1.29 is 35.4 Å². The van der Waals surface area contributed by atoms with Crippen molar-refractivity contribution in [3.63, 3.8) is 0 Å². The van der Waals surface area contributed by atoms with Crippen LogP contribution in [0.5, 0.6) is 0 Å². The molecule has 0 aliphatic carbocycles. The Morgan fingerprint density at radius 1 is 1.08 bits per heavy atom. The molecule has 0 aromatic rings. The molecule has 0 bridgehead atoms. The number of aliphatic hydroxyl groups excluding tert-OH is 5. The number of aliphatic carboxylic acids is 1. The van der Waals surface area contributed by atoms with Crippen molar-refractivity contribution in [3.8, 4) is 0 Å². The molecule has 2 unspecified atom stereocenters. The number of carbonyl (C=O) groups is 1. The normalized spacial score (nSPS) is 20.4. The first-order valence-corrected chi connectivity index (χ1v) is 3.47. The van der Waals surface area contributed by atoms with E-state index in [1.807, 2.05) is 0 Å². The molecule has 4 atom stereocenters. The first-order valence-electron chi connectivity index (χ1n) is 3.47. The Bertz CT molecular complexity index is 170. The largest absolute Gasteiger partial charge is 0.479 e. The summed E-state index contributed by atoms with van der Waals surface area (Å²) >= 11 is 0. The van der Waals surface area contributed by atoms with Gasteiger partial charge < -0.3 is 30.6 Å². The lowest BCUT2D eigenvalue weighted by molar-refractivity contribution is -0.164. The SMILES string of the molecule is O=C(O)[C@H](O)[C@@H](O)C(O)C(O)CO. The van der Waals surface area contributed by atoms with E-state index in [1.165, 1.54) is 0 Å². The summed E-state index contributed by atoms with van der Waals surface area (Å²) in [5.74, 6) is -1.73. The van der Waals surface area contributed by atoms with E-state index in [0.717, 1.165) is 0 Å². The highest BCUT2D eigenvalue weighted by Crippen LogP contribution is 2.04. The number of hydrogen-bond acceptors (Lipinski definition) is 6. The van der Waals surface area contributed by atoms with Gasteiger partial charge in [0.15, 0.2) is 6.10 Å². The van der Waals surface area contributed by atoms with Crippen molar-refractivity contribution in [3.05, 3.63) is 0 Å². The van der Waals surface area contributed by atoms with Gasteiger partial charge in [-0.2, -0.15) is 0 Å². The molecular formula is C6H12O7. The fourth-order valence-electron chi connectivity index (χ4n) is 0.668. The second kappa shape index (κ2) is 5.10. The van der Waals surface area contributed by atoms with Crippen LogP contribution < -0.4 is 0 Å². The number of aliphatic hydroxyl groups is 5. The fourth-order valence-corrected chi connectivity index (χ4v) is 0.668. The number of carboxylic acids is 1. The topological polar surface area (TPSA) is 138 Å². The van der Waals surface area contributed by atoms with Crippen LogP contribution in [0.1, 0.15) is 0 Å². The van der Waals surface area contributed by atoms with Crippen LogP contribution in [0.2, 0.25) is 0 Å². The molecule has 78 valence electrons. The molecule has 7 nitrogen and oxygen atoms in total. The molecule has 0 aliphatic heterocycles. The molecule has 0 aromatic carbocycles. The third kappa shape index (κ3) is 3.25. The molecule has 0 radical (unpaired) electrons. The van der Waals surface area contributed by atoms with E-state index >= 15 is 0 Å². The standard InChI is InChI=1S/C6H12O7/c7-1-2(8)3(9)4(10)5(11)6(12)13/h2-5,7-11H,1H2,(H,12,13)/t2?,3?,4-,5+/m0/s1. The van der Waals surface area contributed by atoms with E-state index < -0.39 is 37.0 Å². The van der Waals surface area contributed by atoms with E-state index in [4.69, 9.17) is 30.6 Å². The van der Waals surface area contributed by atoms with Crippen molar-refractivity contribution in [2.75, 3.05) is 6.61 Å². The number of rotatable bonds is 5. The molecule has 0 heterocycles. The lowest BCUT2D eigenvalue weighted by atomic mass is 10.0. The average molecular weight is 196 g/mol. The van der Waals surface area contributed by atoms with Crippen LogP contribution in [-0.2, 0) is 4.79 Å². The van der Waals surface area contributed by atoms with Crippen LogP contribution in [0, 0.1) is 0 Å². The Hall–Kier alpha value is -0.730. The van der Waals surface area contributed by atoms with Gasteiger partial charge in [0.1, 0.15) is 18.3 Å². The predicted octanol–water partition coefficient (Wildman–Crippen LogP) is -3.49. The minimum Gasteiger partial charge on any atom is -0.479 e. The van der Waals surface area contributed by atoms with Crippen molar-refractivity contribution in [2.45, 2.75) is 24.4 Å². The molecule has 0 rings (SSSR count). The summed E-state index contributed by atoms with van der Waals surface area (Å²) in [5, 5.41) is 51.8. The van der Waals surface area contributed by atoms with Crippen molar-refractivity contribution in [1.82, 2.24) is 0 Å². The average Bonchev–Trinajstić information content (AvgIpc) is 2.12. The quantitative estimate of drug-likeness (QED) is 0.268. The minimum atomic E-state index is -2.20. The van der Waals surface area contributed by atoms with Gasteiger partial charge in [0.05, 0.1) is 6.61 Å². The monoisotopic (exact) mass is 196 g/mol. The summed E-state index contributed by atoms with van der Waals surface area (Å²) in [4.78, 5) is 10.1. The molecular weight excluding hydrogens is 184 g/mol. The van der Waals surface area contributed by atoms with Crippen LogP contribution in [0.15, 0.2) is 0 Å². The van der Waals surface area contributed by atoms with Gasteiger partial charge in [-0.3, -0.25) is 0 Å². The van der Waals surface area contributed by atoms with Gasteiger partial charge >= 0.3 is 5.97 Å². The Kier molecular flexibility index (Phi) is 4.81. The first-order chi connectivity index (χ1) is 5.91. The van der Waals surface area contributed by atoms with Gasteiger partial charge in [-0.05, 0) is 0 Å². The van der Waals surface area contributed by atoms with Crippen molar-refractivity contribution in [2.24, 2.45) is 0 Å². The Morgan fingerprint density at radius 3 is 1.85 bits per heavy atom. The summed E-state index contributed by atoms with van der Waals surface area (Å²) in [6.45, 7) is -0.843. The smallest absolute Gasteiger partial charge is 0.335 e. The third-order valence-corrected chi connectivity index (χ3v) is 1.51. The van der Waals surface area contributed by atoms with E-state index in [9.17, 15) is 4.79 Å². The van der Waals surface area contributed by atoms with Crippen LogP contribution in [0.25, 0.3) is 0 Å². The molecule has 0 spiro atoms. The number of carboxylic acid groups (broad SMARTS) is 1. The maximum atomic E-state index is 10.1. The highest BCUT2D eigenvalue weighted by atomic mass is 16.4. The third-order valence-electron chi connectivity index (χ3n) is 1.51. The molecule has 13 heavy (non-hydrogen) atoms. The van der Waals surface area contributed by atoms with Crippen LogP contribution in [-0.4, -0.2) is 67.6 Å². The van der Waals surface area contributed by atoms with E-state index in [0.29, 0.717) is 0 Å². The van der Waals surface area contributed by atoms with E-state index in [-0.39, 0.29) is 0 Å². The molecule has 0 fully saturated rings. The summed E-state index contributed by atoms with van der Waals surface area (Å²) in [6.07, 6.45) is -7.84. The van der Waals surface area contributed by atoms with E-state index in [2.05, 4.69) is 0 Å². The zero-order chi connectivity index (χ0) is 10.6. The summed E-state index contributed by atoms with van der Waals surface area (Å²) in [6, 6.07) is 0. The molecule has 0 aromatic heterocycles. The molecule has 0 amide bonds. The van der Waals surface area contributed by atoms with Crippen LogP contribution >= 0.6 is 0 Å². The van der Waals surface area contributed by atoms with Gasteiger partial charge in [-0.15, -0.1) is 0 Å². The van der Waals surface area contributed by atoms with Gasteiger partial charge in [-0.1, -0.05) is 0 Å². The van der Waals surface area contributed by atoms with Crippen molar-refractivity contribution in [1.29, 1.82) is 0 Å². The molecule has 6 N–H and O–H groups in total. The lowest BCUT2D eigenvalue weighted by Gasteiger charge is -2.23. The lowest BCUT2D eigenvalue weighted by Crippen LogP contribution is -2.48. The molecule has 0 saturated heterocycles. The zero-order valence-electron chi connectivity index (χ0n) is 6.61. The van der Waals surface area contributed by atoms with Gasteiger partial charge in [0, 0.05) is 0 Å². The Balaban J connectivity index is 4.24. The predicted molar refractivity (Wildman–Crippen MR) is 38.7 cm³/mol. The van der Waals surface area contributed by atoms with Crippen LogP contribution in [0.3, 0.4) is 0 Å². The van der Waals surface area contributed by atoms with E-state index in [1.54, 1.807) is 0 Å². The number of hydrogen-bond donors (Lipinski definition) is 6. The molecule has 0 saturated carbocycles. The Morgan fingerprint density at radius 2 is 1.54 bits per heavy atom. The molecule has 0 aliphatic rings. The van der Waals surface area contributed by atoms with Gasteiger partial charge in [-0.25, -0.2) is 4.79 Å². The second-order valence-electron chi connectivity index (χ2n) is 2.51. The maximum absolute atomic E-state index is 10.1. The summed E-state index contributed by atoms with van der Waals surface area (Å²) in [5.41, 5.74) is 0. The first kappa shape index (κ1) is 12.3. The highest BCUT2D eigenvalue weighted by Gasteiger charge is 2.33. The maximum Gasteiger partial charge on any atom is 0.335 e. The summed E-state index contributed by atoms with van der Waals surface area (Å²) < 4.78 is 0. The second-order valence-corrected chi connectivity index (χ2v) is 2.51.